The van der Waals surface area contributed by atoms with Crippen molar-refractivity contribution in [1.82, 2.24) is 0 Å². The van der Waals surface area contributed by atoms with Crippen LogP contribution in [0.15, 0.2) is 12.2 Å². The summed E-state index contributed by atoms with van der Waals surface area (Å²) in [7, 11) is 0. The number of hydrogen-bond acceptors (Lipinski definition) is 2. The predicted molar refractivity (Wildman–Crippen MR) is 88.0 cm³/mol. The molecule has 0 amide bonds. The zero-order chi connectivity index (χ0) is 15.7. The Kier molecular flexibility index (Phi) is 5.20. The van der Waals surface area contributed by atoms with Gasteiger partial charge < -0.3 is 10.2 Å². The molecule has 0 aliphatic heterocycles. The third-order valence-corrected chi connectivity index (χ3v) is 6.17. The summed E-state index contributed by atoms with van der Waals surface area (Å²) < 4.78 is 0. The van der Waals surface area contributed by atoms with E-state index in [9.17, 15) is 10.2 Å². The first-order valence-electron chi connectivity index (χ1n) is 8.86. The van der Waals surface area contributed by atoms with Crippen LogP contribution in [-0.2, 0) is 0 Å². The summed E-state index contributed by atoms with van der Waals surface area (Å²) in [6, 6.07) is 0. The maximum atomic E-state index is 10.4. The molecule has 0 radical (unpaired) electrons. The molecular formula is C19H34O2. The van der Waals surface area contributed by atoms with E-state index in [-0.39, 0.29) is 11.5 Å². The fourth-order valence-electron chi connectivity index (χ4n) is 4.75. The maximum absolute atomic E-state index is 10.4. The van der Waals surface area contributed by atoms with Gasteiger partial charge in [-0.05, 0) is 68.6 Å². The minimum atomic E-state index is -0.588. The van der Waals surface area contributed by atoms with E-state index in [1.165, 1.54) is 25.7 Å². The van der Waals surface area contributed by atoms with E-state index in [2.05, 4.69) is 26.8 Å². The van der Waals surface area contributed by atoms with E-state index >= 15 is 0 Å². The Balaban J connectivity index is 1.86. The van der Waals surface area contributed by atoms with Crippen LogP contribution in [0, 0.1) is 23.2 Å². The van der Waals surface area contributed by atoms with Gasteiger partial charge in [-0.15, -0.1) is 0 Å². The van der Waals surface area contributed by atoms with Crippen LogP contribution >= 0.6 is 0 Å². The molecule has 0 spiro atoms. The molecule has 2 rings (SSSR count). The number of hydrogen-bond donors (Lipinski definition) is 2. The largest absolute Gasteiger partial charge is 0.393 e. The average Bonchev–Trinajstić information content (AvgIpc) is 2.86. The van der Waals surface area contributed by atoms with Crippen molar-refractivity contribution in [2.75, 3.05) is 0 Å². The first-order chi connectivity index (χ1) is 9.76. The molecule has 0 aromatic rings. The molecule has 2 aliphatic carbocycles. The zero-order valence-electron chi connectivity index (χ0n) is 14.3. The van der Waals surface area contributed by atoms with Crippen molar-refractivity contribution in [3.63, 3.8) is 0 Å². The average molecular weight is 294 g/mol. The van der Waals surface area contributed by atoms with E-state index in [1.807, 2.05) is 13.0 Å². The fourth-order valence-corrected chi connectivity index (χ4v) is 4.75. The van der Waals surface area contributed by atoms with Gasteiger partial charge in [-0.3, -0.25) is 0 Å². The molecule has 122 valence electrons. The lowest BCUT2D eigenvalue weighted by Gasteiger charge is -2.36. The highest BCUT2D eigenvalue weighted by Gasteiger charge is 2.45. The fraction of sp³-hybridized carbons (Fsp3) is 0.895. The summed E-state index contributed by atoms with van der Waals surface area (Å²) in [5, 5.41) is 20.4. The first-order valence-corrected chi connectivity index (χ1v) is 8.86. The molecular weight excluding hydrogens is 260 g/mol. The molecule has 5 atom stereocenters. The Morgan fingerprint density at radius 1 is 1.19 bits per heavy atom. The van der Waals surface area contributed by atoms with Crippen molar-refractivity contribution in [2.45, 2.75) is 84.3 Å². The zero-order valence-corrected chi connectivity index (χ0v) is 14.3. The Bertz CT molecular complexity index is 370. The van der Waals surface area contributed by atoms with E-state index in [1.54, 1.807) is 0 Å². The Labute approximate surface area is 130 Å². The summed E-state index contributed by atoms with van der Waals surface area (Å²) in [5.41, 5.74) is -0.338. The van der Waals surface area contributed by atoms with Gasteiger partial charge in [-0.25, -0.2) is 0 Å². The number of allylic oxidation sites excluding steroid dienone is 1. The summed E-state index contributed by atoms with van der Waals surface area (Å²) in [6.45, 7) is 8.77. The smallest absolute Gasteiger partial charge is 0.0805 e. The molecule has 0 saturated heterocycles. The molecule has 2 aliphatic rings. The third kappa shape index (κ3) is 3.90. The molecule has 2 heteroatoms. The third-order valence-electron chi connectivity index (χ3n) is 6.17. The van der Waals surface area contributed by atoms with Crippen LogP contribution in [0.1, 0.15) is 72.6 Å². The Morgan fingerprint density at radius 3 is 2.48 bits per heavy atom. The van der Waals surface area contributed by atoms with E-state index in [0.29, 0.717) is 17.8 Å². The highest BCUT2D eigenvalue weighted by atomic mass is 16.3. The van der Waals surface area contributed by atoms with Crippen molar-refractivity contribution in [2.24, 2.45) is 23.2 Å². The summed E-state index contributed by atoms with van der Waals surface area (Å²) >= 11 is 0. The lowest BCUT2D eigenvalue weighted by atomic mass is 9.70. The number of aliphatic hydroxyl groups excluding tert-OH is 1. The molecule has 2 nitrogen and oxygen atoms in total. The summed E-state index contributed by atoms with van der Waals surface area (Å²) in [5.74, 6) is 1.72. The second-order valence-electron chi connectivity index (χ2n) is 8.32. The highest BCUT2D eigenvalue weighted by molar-refractivity contribution is 5.10. The van der Waals surface area contributed by atoms with Crippen molar-refractivity contribution >= 4 is 0 Å². The van der Waals surface area contributed by atoms with Gasteiger partial charge >= 0.3 is 0 Å². The SMILES string of the molecule is CCCC(O)C1CCC(CCC2C=CC(C)(O)C2)C1(C)C. The van der Waals surface area contributed by atoms with Crippen LogP contribution in [0.2, 0.25) is 0 Å². The normalized spacial score (nSPS) is 39.8. The van der Waals surface area contributed by atoms with Gasteiger partial charge in [0.25, 0.3) is 0 Å². The van der Waals surface area contributed by atoms with Crippen LogP contribution in [0.5, 0.6) is 0 Å². The maximum Gasteiger partial charge on any atom is 0.0805 e. The Morgan fingerprint density at radius 2 is 1.90 bits per heavy atom. The van der Waals surface area contributed by atoms with Crippen LogP contribution in [-0.4, -0.2) is 21.9 Å². The van der Waals surface area contributed by atoms with E-state index in [0.717, 1.165) is 19.3 Å². The second-order valence-corrected chi connectivity index (χ2v) is 8.32. The second kappa shape index (κ2) is 6.42. The van der Waals surface area contributed by atoms with Crippen LogP contribution < -0.4 is 0 Å². The van der Waals surface area contributed by atoms with Crippen molar-refractivity contribution in [1.29, 1.82) is 0 Å². The lowest BCUT2D eigenvalue weighted by molar-refractivity contribution is 0.0287. The van der Waals surface area contributed by atoms with Crippen molar-refractivity contribution in [3.8, 4) is 0 Å². The summed E-state index contributed by atoms with van der Waals surface area (Å²) in [4.78, 5) is 0. The minimum Gasteiger partial charge on any atom is -0.393 e. The predicted octanol–water partition coefficient (Wildman–Crippen LogP) is 4.31. The molecule has 0 heterocycles. The van der Waals surface area contributed by atoms with Crippen LogP contribution in [0.4, 0.5) is 0 Å². The lowest BCUT2D eigenvalue weighted by Crippen LogP contribution is -2.33. The molecule has 21 heavy (non-hydrogen) atoms. The number of aliphatic hydroxyl groups is 2. The standard InChI is InChI=1S/C19H34O2/c1-5-6-17(20)16-10-9-15(18(16,2)3)8-7-14-11-12-19(4,21)13-14/h11-12,14-17,20-21H,5-10,13H2,1-4H3. The molecule has 1 fully saturated rings. The molecule has 0 bridgehead atoms. The van der Waals surface area contributed by atoms with Gasteiger partial charge in [-0.1, -0.05) is 39.3 Å². The highest BCUT2D eigenvalue weighted by Crippen LogP contribution is 2.51. The van der Waals surface area contributed by atoms with Gasteiger partial charge in [0, 0.05) is 0 Å². The van der Waals surface area contributed by atoms with Gasteiger partial charge in [0.1, 0.15) is 0 Å². The topological polar surface area (TPSA) is 40.5 Å². The van der Waals surface area contributed by atoms with Gasteiger partial charge in [0.05, 0.1) is 11.7 Å². The first kappa shape index (κ1) is 17.0. The minimum absolute atomic E-state index is 0.123. The number of rotatable bonds is 6. The van der Waals surface area contributed by atoms with Crippen LogP contribution in [0.25, 0.3) is 0 Å². The van der Waals surface area contributed by atoms with E-state index in [4.69, 9.17) is 0 Å². The van der Waals surface area contributed by atoms with Crippen LogP contribution in [0.3, 0.4) is 0 Å². The molecule has 0 aromatic heterocycles. The van der Waals surface area contributed by atoms with Gasteiger partial charge in [0.15, 0.2) is 0 Å². The summed E-state index contributed by atoms with van der Waals surface area (Å²) in [6.07, 6.45) is 11.8. The molecule has 5 unspecified atom stereocenters. The van der Waals surface area contributed by atoms with Crippen molar-refractivity contribution < 1.29 is 10.2 Å². The van der Waals surface area contributed by atoms with Gasteiger partial charge in [0.2, 0.25) is 0 Å². The van der Waals surface area contributed by atoms with Crippen molar-refractivity contribution in [3.05, 3.63) is 12.2 Å². The Hall–Kier alpha value is -0.340. The quantitative estimate of drug-likeness (QED) is 0.717. The molecule has 0 aromatic carbocycles. The van der Waals surface area contributed by atoms with Gasteiger partial charge in [-0.2, -0.15) is 0 Å². The molecule has 2 N–H and O–H groups in total. The van der Waals surface area contributed by atoms with E-state index < -0.39 is 5.60 Å². The molecule has 1 saturated carbocycles. The monoisotopic (exact) mass is 294 g/mol.